The summed E-state index contributed by atoms with van der Waals surface area (Å²) >= 11 is 0. The monoisotopic (exact) mass is 755 g/mol. The van der Waals surface area contributed by atoms with Crippen LogP contribution in [-0.4, -0.2) is 60.5 Å². The molecule has 0 amide bonds. The number of aliphatic hydroxyl groups excluding tert-OH is 1. The van der Waals surface area contributed by atoms with Crippen LogP contribution >= 0.6 is 0 Å². The zero-order valence-electron chi connectivity index (χ0n) is 25.2. The largest absolute Gasteiger partial charge is 0.393 e. The third-order valence-electron chi connectivity index (χ3n) is 13.9. The number of nitrogens with one attached hydrogen (secondary N) is 8. The topological polar surface area (TPSA) is 116 Å². The summed E-state index contributed by atoms with van der Waals surface area (Å²) in [4.78, 5) is 0. The second-order valence-electron chi connectivity index (χ2n) is 15.7. The van der Waals surface area contributed by atoms with Gasteiger partial charge in [0, 0.05) is 26.3 Å². The first kappa shape index (κ1) is 29.7. The van der Waals surface area contributed by atoms with Crippen molar-refractivity contribution in [1.29, 1.82) is 0 Å². The van der Waals surface area contributed by atoms with E-state index in [1.54, 1.807) is 0 Å². The van der Waals surface area contributed by atoms with Crippen LogP contribution in [0.2, 0.25) is 0 Å². The second kappa shape index (κ2) is 12.2. The van der Waals surface area contributed by atoms with Crippen LogP contribution in [-0.2, 0) is 20.4 Å². The van der Waals surface area contributed by atoms with Gasteiger partial charge in [-0.3, -0.25) is 42.5 Å². The van der Waals surface area contributed by atoms with Crippen molar-refractivity contribution in [2.24, 2.45) is 47.3 Å². The van der Waals surface area contributed by atoms with Gasteiger partial charge in [-0.2, -0.15) is 0 Å². The molecule has 10 heteroatoms. The van der Waals surface area contributed by atoms with Gasteiger partial charge in [-0.05, 0) is 92.8 Å². The Kier molecular flexibility index (Phi) is 8.59. The van der Waals surface area contributed by atoms with E-state index in [9.17, 15) is 5.11 Å². The normalized spacial score (nSPS) is 56.9. The smallest absolute Gasteiger partial charge is 0.0653 e. The Morgan fingerprint density at radius 3 is 0.905 bits per heavy atom. The van der Waals surface area contributed by atoms with E-state index in [0.29, 0.717) is 78.4 Å². The van der Waals surface area contributed by atoms with Crippen LogP contribution in [0.5, 0.6) is 0 Å². The molecule has 5 saturated heterocycles. The first-order valence-corrected chi connectivity index (χ1v) is 18.0. The average Bonchev–Trinajstić information content (AvgIpc) is 3.73. The molecule has 0 aromatic rings. The van der Waals surface area contributed by atoms with Crippen molar-refractivity contribution >= 4 is 0 Å². The maximum absolute atomic E-state index is 11.4. The first-order valence-electron chi connectivity index (χ1n) is 18.0. The van der Waals surface area contributed by atoms with E-state index in [-0.39, 0.29) is 44.8 Å². The molecule has 42 heavy (non-hydrogen) atoms. The zero-order valence-corrected chi connectivity index (χ0v) is 28.0. The molecule has 237 valence electrons. The van der Waals surface area contributed by atoms with Crippen LogP contribution in [0.25, 0.3) is 0 Å². The summed E-state index contributed by atoms with van der Waals surface area (Å²) in [5, 5.41) is 44.6. The second-order valence-corrected chi connectivity index (χ2v) is 15.7. The molecule has 8 bridgehead atoms. The Bertz CT molecular complexity index is 959. The fraction of sp³-hybridized carbons (Fsp3) is 1.00. The summed E-state index contributed by atoms with van der Waals surface area (Å²) < 4.78 is 0. The minimum absolute atomic E-state index is 0. The molecule has 9 fully saturated rings. The number of hydrogen-bond acceptors (Lipinski definition) is 9. The van der Waals surface area contributed by atoms with Crippen LogP contribution in [0.3, 0.4) is 0 Å². The van der Waals surface area contributed by atoms with Gasteiger partial charge in [0.25, 0.3) is 0 Å². The van der Waals surface area contributed by atoms with Gasteiger partial charge in [0.05, 0.1) is 55.4 Å². The van der Waals surface area contributed by atoms with Gasteiger partial charge in [0.2, 0.25) is 0 Å². The van der Waals surface area contributed by atoms with Crippen molar-refractivity contribution in [3.05, 3.63) is 0 Å². The number of fused-ring (bicyclic) bond motifs is 20. The van der Waals surface area contributed by atoms with E-state index in [0.717, 1.165) is 12.8 Å². The summed E-state index contributed by atoms with van der Waals surface area (Å²) in [6.07, 6.45) is 21.7. The molecule has 9 aliphatic rings. The Morgan fingerprint density at radius 1 is 0.310 bits per heavy atom. The van der Waals surface area contributed by atoms with E-state index >= 15 is 0 Å². The minimum atomic E-state index is -0.221. The Labute approximate surface area is 266 Å². The standard InChI is InChI=1S/C32H56N8O.Re/c41-23-15-7-14-22-24(23)32-39-30-21-13-6-5-12-20(21)28(37-30)35-26-17-9-2-1-8-16(17)25(33-26)34-27-18-10-3-4-11-19(18)29(36-27)38-31(22)40-32;/h16-41H,1-15H2;. The van der Waals surface area contributed by atoms with Crippen molar-refractivity contribution in [1.82, 2.24) is 42.5 Å². The first-order chi connectivity index (χ1) is 20.2. The van der Waals surface area contributed by atoms with Crippen molar-refractivity contribution in [3.8, 4) is 0 Å². The molecular formula is C32H56N8ORe. The van der Waals surface area contributed by atoms with Gasteiger partial charge in [0.1, 0.15) is 0 Å². The molecule has 9 N–H and O–H groups in total. The van der Waals surface area contributed by atoms with Crippen molar-refractivity contribution in [2.75, 3.05) is 0 Å². The molecule has 4 aliphatic carbocycles. The van der Waals surface area contributed by atoms with Crippen LogP contribution in [0.4, 0.5) is 0 Å². The molecule has 0 aromatic carbocycles. The molecular weight excluding hydrogens is 699 g/mol. The van der Waals surface area contributed by atoms with Crippen LogP contribution in [0.15, 0.2) is 0 Å². The number of aliphatic hydroxyl groups is 1. The molecule has 9 nitrogen and oxygen atoms in total. The van der Waals surface area contributed by atoms with Gasteiger partial charge in [0.15, 0.2) is 0 Å². The molecule has 9 rings (SSSR count). The number of rotatable bonds is 0. The van der Waals surface area contributed by atoms with Gasteiger partial charge in [-0.15, -0.1) is 0 Å². The third-order valence-corrected chi connectivity index (χ3v) is 13.9. The quantitative estimate of drug-likeness (QED) is 0.182. The Balaban J connectivity index is 0.00000267. The fourth-order valence-electron chi connectivity index (χ4n) is 12.0. The molecule has 1 radical (unpaired) electrons. The molecule has 17 atom stereocenters. The summed E-state index contributed by atoms with van der Waals surface area (Å²) in [5.74, 6) is 4.87. The average molecular weight is 755 g/mol. The SMILES string of the molecule is OC1CCCC2C3NC4NC(NC5NC(NC6NC(NC(N3)C12)C1CCCCC61)C1CCCCC51)C1CCCCC41.[Re]. The van der Waals surface area contributed by atoms with Crippen LogP contribution in [0, 0.1) is 47.3 Å². The van der Waals surface area contributed by atoms with E-state index < -0.39 is 0 Å². The molecule has 0 aromatic heterocycles. The molecule has 0 spiro atoms. The summed E-state index contributed by atoms with van der Waals surface area (Å²) in [5.41, 5.74) is 0. The Hall–Kier alpha value is 0.302. The molecule has 5 aliphatic heterocycles. The van der Waals surface area contributed by atoms with Crippen LogP contribution < -0.4 is 42.5 Å². The van der Waals surface area contributed by atoms with E-state index in [1.165, 1.54) is 83.5 Å². The van der Waals surface area contributed by atoms with Gasteiger partial charge in [-0.1, -0.05) is 44.9 Å². The van der Waals surface area contributed by atoms with Gasteiger partial charge < -0.3 is 5.11 Å². The van der Waals surface area contributed by atoms with Gasteiger partial charge in [-0.25, -0.2) is 0 Å². The van der Waals surface area contributed by atoms with Crippen molar-refractivity contribution in [2.45, 2.75) is 152 Å². The molecule has 4 saturated carbocycles. The van der Waals surface area contributed by atoms with Crippen molar-refractivity contribution < 1.29 is 25.5 Å². The third kappa shape index (κ3) is 5.03. The van der Waals surface area contributed by atoms with Gasteiger partial charge >= 0.3 is 0 Å². The van der Waals surface area contributed by atoms with E-state index in [1.807, 2.05) is 0 Å². The minimum Gasteiger partial charge on any atom is -0.393 e. The van der Waals surface area contributed by atoms with Crippen molar-refractivity contribution in [3.63, 3.8) is 0 Å². The zero-order chi connectivity index (χ0) is 27.1. The predicted octanol–water partition coefficient (Wildman–Crippen LogP) is 1.57. The maximum atomic E-state index is 11.4. The Morgan fingerprint density at radius 2 is 0.571 bits per heavy atom. The van der Waals surface area contributed by atoms with E-state index in [4.69, 9.17) is 0 Å². The number of hydrogen-bond donors (Lipinski definition) is 9. The van der Waals surface area contributed by atoms with Crippen LogP contribution in [0.1, 0.15) is 96.3 Å². The molecule has 5 heterocycles. The summed E-state index contributed by atoms with van der Waals surface area (Å²) in [6.45, 7) is 0. The summed E-state index contributed by atoms with van der Waals surface area (Å²) in [7, 11) is 0. The fourth-order valence-corrected chi connectivity index (χ4v) is 12.0. The molecule has 17 unspecified atom stereocenters. The van der Waals surface area contributed by atoms with E-state index in [2.05, 4.69) is 42.5 Å². The maximum Gasteiger partial charge on any atom is 0.0653 e. The predicted molar refractivity (Wildman–Crippen MR) is 159 cm³/mol. The summed E-state index contributed by atoms with van der Waals surface area (Å²) in [6, 6.07) is 0.